The number of hydrogen-bond donors (Lipinski definition) is 1. The third-order valence-corrected chi connectivity index (χ3v) is 1.47. The predicted octanol–water partition coefficient (Wildman–Crippen LogP) is 1.97. The highest BCUT2D eigenvalue weighted by atomic mass is 16.5. The minimum absolute atomic E-state index is 0.106. The van der Waals surface area contributed by atoms with Gasteiger partial charge in [0.05, 0.1) is 0 Å². The molecule has 0 saturated heterocycles. The first kappa shape index (κ1) is 9.32. The van der Waals surface area contributed by atoms with E-state index in [-0.39, 0.29) is 5.76 Å². The van der Waals surface area contributed by atoms with Crippen molar-refractivity contribution in [2.24, 2.45) is 0 Å². The predicted molar refractivity (Wildman–Crippen MR) is 48.6 cm³/mol. The monoisotopic (exact) mass is 178 g/mol. The fourth-order valence-corrected chi connectivity index (χ4v) is 0.896. The fraction of sp³-hybridized carbons (Fsp3) is 0.100. The van der Waals surface area contributed by atoms with Crippen LogP contribution in [0, 0.1) is 6.92 Å². The lowest BCUT2D eigenvalue weighted by atomic mass is 10.2. The Bertz CT molecular complexity index is 329. The number of ether oxygens (including phenoxy) is 1. The number of carbonyl (C=O) groups is 1. The summed E-state index contributed by atoms with van der Waals surface area (Å²) >= 11 is 0. The summed E-state index contributed by atoms with van der Waals surface area (Å²) in [6.07, 6.45) is 1.08. The van der Waals surface area contributed by atoms with Gasteiger partial charge in [0.2, 0.25) is 5.76 Å². The number of hydrogen-bond acceptors (Lipinski definition) is 3. The Morgan fingerprint density at radius 3 is 2.85 bits per heavy atom. The Balaban J connectivity index is 2.79. The topological polar surface area (TPSA) is 46.5 Å². The van der Waals surface area contributed by atoms with Gasteiger partial charge in [-0.25, -0.2) is 0 Å². The van der Waals surface area contributed by atoms with Gasteiger partial charge in [-0.1, -0.05) is 12.1 Å². The van der Waals surface area contributed by atoms with Crippen molar-refractivity contribution in [2.75, 3.05) is 0 Å². The van der Waals surface area contributed by atoms with Crippen molar-refractivity contribution < 1.29 is 14.6 Å². The van der Waals surface area contributed by atoms with Gasteiger partial charge in [0.25, 0.3) is 0 Å². The molecule has 1 aromatic rings. The molecular formula is C10H10O3. The maximum atomic E-state index is 10.3. The average Bonchev–Trinajstić information content (AvgIpc) is 2.14. The number of benzene rings is 1. The third-order valence-electron chi connectivity index (χ3n) is 1.47. The van der Waals surface area contributed by atoms with Crippen molar-refractivity contribution in [1.82, 2.24) is 0 Å². The molecule has 0 aliphatic carbocycles. The SMILES string of the molecule is Cc1cccc(O/C(C=O)=C/O)c1. The van der Waals surface area contributed by atoms with Gasteiger partial charge >= 0.3 is 0 Å². The number of aldehydes is 1. The zero-order chi connectivity index (χ0) is 9.68. The highest BCUT2D eigenvalue weighted by Gasteiger charge is 1.98. The van der Waals surface area contributed by atoms with E-state index in [0.29, 0.717) is 18.3 Å². The van der Waals surface area contributed by atoms with Gasteiger partial charge in [0.15, 0.2) is 6.29 Å². The zero-order valence-electron chi connectivity index (χ0n) is 7.23. The second-order valence-electron chi connectivity index (χ2n) is 2.57. The van der Waals surface area contributed by atoms with E-state index in [1.54, 1.807) is 12.1 Å². The lowest BCUT2D eigenvalue weighted by Gasteiger charge is -2.03. The van der Waals surface area contributed by atoms with Crippen LogP contribution in [0.4, 0.5) is 0 Å². The normalized spacial score (nSPS) is 11.0. The van der Waals surface area contributed by atoms with E-state index in [1.807, 2.05) is 19.1 Å². The van der Waals surface area contributed by atoms with E-state index in [2.05, 4.69) is 0 Å². The van der Waals surface area contributed by atoms with Crippen LogP contribution in [-0.2, 0) is 4.79 Å². The van der Waals surface area contributed by atoms with E-state index < -0.39 is 0 Å². The van der Waals surface area contributed by atoms with Crippen LogP contribution in [0.2, 0.25) is 0 Å². The molecule has 0 aliphatic heterocycles. The van der Waals surface area contributed by atoms with Crippen molar-refractivity contribution in [3.05, 3.63) is 41.9 Å². The number of aryl methyl sites for hydroxylation is 1. The minimum Gasteiger partial charge on any atom is -0.512 e. The van der Waals surface area contributed by atoms with Crippen LogP contribution in [0.1, 0.15) is 5.56 Å². The van der Waals surface area contributed by atoms with E-state index in [1.165, 1.54) is 0 Å². The summed E-state index contributed by atoms with van der Waals surface area (Å²) in [5.74, 6) is 0.429. The Morgan fingerprint density at radius 1 is 1.54 bits per heavy atom. The Labute approximate surface area is 76.3 Å². The molecule has 0 fully saturated rings. The van der Waals surface area contributed by atoms with Gasteiger partial charge < -0.3 is 9.84 Å². The summed E-state index contributed by atoms with van der Waals surface area (Å²) in [6, 6.07) is 7.20. The first-order chi connectivity index (χ1) is 6.26. The summed E-state index contributed by atoms with van der Waals surface area (Å²) in [6.45, 7) is 1.91. The van der Waals surface area contributed by atoms with Crippen molar-refractivity contribution in [1.29, 1.82) is 0 Å². The molecule has 0 spiro atoms. The zero-order valence-corrected chi connectivity index (χ0v) is 7.23. The van der Waals surface area contributed by atoms with Crippen molar-refractivity contribution in [3.8, 4) is 5.75 Å². The van der Waals surface area contributed by atoms with Crippen LogP contribution in [0.15, 0.2) is 36.3 Å². The molecule has 0 bridgehead atoms. The van der Waals surface area contributed by atoms with Gasteiger partial charge in [-0.3, -0.25) is 4.79 Å². The maximum absolute atomic E-state index is 10.3. The summed E-state index contributed by atoms with van der Waals surface area (Å²) in [7, 11) is 0. The van der Waals surface area contributed by atoms with Crippen LogP contribution >= 0.6 is 0 Å². The van der Waals surface area contributed by atoms with Crippen LogP contribution in [0.5, 0.6) is 5.75 Å². The second kappa shape index (κ2) is 4.30. The summed E-state index contributed by atoms with van der Waals surface area (Å²) in [5, 5.41) is 8.54. The highest BCUT2D eigenvalue weighted by Crippen LogP contribution is 2.14. The van der Waals surface area contributed by atoms with Gasteiger partial charge in [-0.15, -0.1) is 0 Å². The summed E-state index contributed by atoms with van der Waals surface area (Å²) in [5.41, 5.74) is 1.03. The average molecular weight is 178 g/mol. The largest absolute Gasteiger partial charge is 0.512 e. The number of aliphatic hydroxyl groups excluding tert-OH is 1. The van der Waals surface area contributed by atoms with Gasteiger partial charge in [-0.2, -0.15) is 0 Å². The standard InChI is InChI=1S/C10H10O3/c1-8-3-2-4-9(5-8)13-10(6-11)7-12/h2-7,11H,1H3/b10-6+. The lowest BCUT2D eigenvalue weighted by molar-refractivity contribution is -0.106. The first-order valence-electron chi connectivity index (χ1n) is 3.80. The summed E-state index contributed by atoms with van der Waals surface area (Å²) in [4.78, 5) is 10.3. The van der Waals surface area contributed by atoms with Crippen molar-refractivity contribution in [2.45, 2.75) is 6.92 Å². The number of aliphatic hydroxyl groups is 1. The quantitative estimate of drug-likeness (QED) is 0.437. The molecule has 0 aliphatic rings. The second-order valence-corrected chi connectivity index (χ2v) is 2.57. The molecule has 68 valence electrons. The molecule has 1 N–H and O–H groups in total. The third kappa shape index (κ3) is 2.63. The molecule has 0 saturated carbocycles. The van der Waals surface area contributed by atoms with E-state index in [0.717, 1.165) is 5.56 Å². The smallest absolute Gasteiger partial charge is 0.201 e. The van der Waals surface area contributed by atoms with Crippen LogP contribution in [-0.4, -0.2) is 11.4 Å². The molecule has 1 aromatic carbocycles. The first-order valence-corrected chi connectivity index (χ1v) is 3.80. The number of allylic oxidation sites excluding steroid dienone is 1. The molecule has 0 heterocycles. The molecule has 0 amide bonds. The van der Waals surface area contributed by atoms with Crippen molar-refractivity contribution in [3.63, 3.8) is 0 Å². The van der Waals surface area contributed by atoms with E-state index in [9.17, 15) is 4.79 Å². The number of carbonyl (C=O) groups excluding carboxylic acids is 1. The Hall–Kier alpha value is -1.77. The molecule has 1 rings (SSSR count). The van der Waals surface area contributed by atoms with Gasteiger partial charge in [0, 0.05) is 0 Å². The lowest BCUT2D eigenvalue weighted by Crippen LogP contribution is -1.96. The maximum Gasteiger partial charge on any atom is 0.201 e. The molecule has 3 heteroatoms. The molecule has 0 radical (unpaired) electrons. The Kier molecular flexibility index (Phi) is 3.09. The van der Waals surface area contributed by atoms with Gasteiger partial charge in [-0.05, 0) is 24.6 Å². The molecule has 3 nitrogen and oxygen atoms in total. The molecule has 13 heavy (non-hydrogen) atoms. The van der Waals surface area contributed by atoms with E-state index in [4.69, 9.17) is 9.84 Å². The fourth-order valence-electron chi connectivity index (χ4n) is 0.896. The van der Waals surface area contributed by atoms with Crippen LogP contribution < -0.4 is 4.74 Å². The number of rotatable bonds is 3. The van der Waals surface area contributed by atoms with Crippen LogP contribution in [0.3, 0.4) is 0 Å². The summed E-state index contributed by atoms with van der Waals surface area (Å²) < 4.78 is 5.04. The highest BCUT2D eigenvalue weighted by molar-refractivity contribution is 5.70. The molecule has 0 aromatic heterocycles. The molecular weight excluding hydrogens is 168 g/mol. The Morgan fingerprint density at radius 2 is 2.31 bits per heavy atom. The molecule has 0 atom stereocenters. The van der Waals surface area contributed by atoms with Crippen molar-refractivity contribution >= 4 is 6.29 Å². The minimum atomic E-state index is -0.106. The van der Waals surface area contributed by atoms with Crippen LogP contribution in [0.25, 0.3) is 0 Å². The van der Waals surface area contributed by atoms with E-state index >= 15 is 0 Å². The van der Waals surface area contributed by atoms with Gasteiger partial charge in [0.1, 0.15) is 12.0 Å². The molecule has 0 unspecified atom stereocenters.